The van der Waals surface area contributed by atoms with E-state index in [1.54, 1.807) is 10.8 Å². The van der Waals surface area contributed by atoms with Crippen LogP contribution in [-0.2, 0) is 0 Å². The molecule has 0 N–H and O–H groups in total. The Morgan fingerprint density at radius 2 is 2.08 bits per heavy atom. The molecular weight excluding hydrogens is 160 g/mol. The molecule has 1 aromatic carbocycles. The Balaban J connectivity index is 2.63. The molecule has 1 aromatic rings. The standard InChI is InChI=1S/C11H14Si/c1-7-4-3-5-9-6-10(12)8(2)11(7)9/h3-6,8H,1-2,12H3. The summed E-state index contributed by atoms with van der Waals surface area (Å²) in [5.74, 6) is 0.688. The largest absolute Gasteiger partial charge is 0.0841 e. The van der Waals surface area contributed by atoms with Crippen molar-refractivity contribution in [1.82, 2.24) is 0 Å². The molecule has 62 valence electrons. The van der Waals surface area contributed by atoms with Crippen LogP contribution in [0.4, 0.5) is 0 Å². The van der Waals surface area contributed by atoms with Crippen molar-refractivity contribution in [2.75, 3.05) is 0 Å². The van der Waals surface area contributed by atoms with Gasteiger partial charge in [0.25, 0.3) is 0 Å². The van der Waals surface area contributed by atoms with Crippen LogP contribution in [0.5, 0.6) is 0 Å². The summed E-state index contributed by atoms with van der Waals surface area (Å²) in [6.07, 6.45) is 2.36. The van der Waals surface area contributed by atoms with Gasteiger partial charge in [0, 0.05) is 10.2 Å². The first-order valence-corrected chi connectivity index (χ1v) is 5.48. The van der Waals surface area contributed by atoms with Gasteiger partial charge >= 0.3 is 0 Å². The third-order valence-electron chi connectivity index (χ3n) is 2.86. The molecule has 0 amide bonds. The van der Waals surface area contributed by atoms with Crippen LogP contribution in [0.1, 0.15) is 29.5 Å². The molecule has 1 aliphatic rings. The summed E-state index contributed by atoms with van der Waals surface area (Å²) in [4.78, 5) is 0. The Labute approximate surface area is 76.7 Å². The van der Waals surface area contributed by atoms with Crippen molar-refractivity contribution >= 4 is 16.3 Å². The van der Waals surface area contributed by atoms with Crippen molar-refractivity contribution < 1.29 is 0 Å². The summed E-state index contributed by atoms with van der Waals surface area (Å²) in [6.45, 7) is 4.53. The second-order valence-electron chi connectivity index (χ2n) is 3.69. The first-order chi connectivity index (χ1) is 5.70. The van der Waals surface area contributed by atoms with E-state index in [2.05, 4.69) is 38.1 Å². The van der Waals surface area contributed by atoms with Gasteiger partial charge in [-0.1, -0.05) is 36.4 Å². The molecule has 0 heterocycles. The normalized spacial score (nSPS) is 20.8. The zero-order valence-corrected chi connectivity index (χ0v) is 9.89. The van der Waals surface area contributed by atoms with Gasteiger partial charge in [0.2, 0.25) is 0 Å². The number of rotatable bonds is 0. The maximum absolute atomic E-state index is 2.36. The van der Waals surface area contributed by atoms with Gasteiger partial charge in [0.05, 0.1) is 0 Å². The maximum atomic E-state index is 2.36. The number of aryl methyl sites for hydroxylation is 1. The lowest BCUT2D eigenvalue weighted by Gasteiger charge is -2.10. The minimum absolute atomic E-state index is 0.688. The monoisotopic (exact) mass is 174 g/mol. The van der Waals surface area contributed by atoms with Crippen molar-refractivity contribution in [2.24, 2.45) is 0 Å². The Morgan fingerprint density at radius 1 is 1.33 bits per heavy atom. The fraction of sp³-hybridized carbons (Fsp3) is 0.273. The fourth-order valence-electron chi connectivity index (χ4n) is 2.02. The third-order valence-corrected chi connectivity index (χ3v) is 4.01. The van der Waals surface area contributed by atoms with Gasteiger partial charge in [0.15, 0.2) is 0 Å². The molecule has 12 heavy (non-hydrogen) atoms. The Morgan fingerprint density at radius 3 is 2.75 bits per heavy atom. The summed E-state index contributed by atoms with van der Waals surface area (Å²) in [5.41, 5.74) is 4.46. The van der Waals surface area contributed by atoms with Crippen LogP contribution in [-0.4, -0.2) is 10.2 Å². The molecule has 2 rings (SSSR count). The number of hydrogen-bond acceptors (Lipinski definition) is 0. The molecule has 0 aliphatic heterocycles. The van der Waals surface area contributed by atoms with Crippen molar-refractivity contribution in [2.45, 2.75) is 19.8 Å². The number of allylic oxidation sites excluding steroid dienone is 1. The molecule has 0 saturated heterocycles. The highest BCUT2D eigenvalue weighted by Crippen LogP contribution is 2.35. The number of fused-ring (bicyclic) bond motifs is 1. The molecule has 1 aliphatic carbocycles. The van der Waals surface area contributed by atoms with Crippen molar-refractivity contribution in [3.05, 3.63) is 40.1 Å². The zero-order valence-electron chi connectivity index (χ0n) is 7.89. The average molecular weight is 174 g/mol. The van der Waals surface area contributed by atoms with E-state index in [-0.39, 0.29) is 0 Å². The lowest BCUT2D eigenvalue weighted by Crippen LogP contribution is -1.95. The van der Waals surface area contributed by atoms with Crippen molar-refractivity contribution in [3.63, 3.8) is 0 Å². The summed E-state index contributed by atoms with van der Waals surface area (Å²) in [5, 5.41) is 1.62. The molecule has 1 atom stereocenters. The maximum Gasteiger partial charge on any atom is 0.0341 e. The summed E-state index contributed by atoms with van der Waals surface area (Å²) >= 11 is 0. The average Bonchev–Trinajstić information content (AvgIpc) is 2.29. The second-order valence-corrected chi connectivity index (χ2v) is 4.84. The quantitative estimate of drug-likeness (QED) is 0.526. The van der Waals surface area contributed by atoms with Crippen molar-refractivity contribution in [3.8, 4) is 0 Å². The Kier molecular flexibility index (Phi) is 1.69. The Hall–Kier alpha value is -0.823. The molecule has 0 saturated carbocycles. The summed E-state index contributed by atoms with van der Waals surface area (Å²) in [7, 11) is 1.20. The van der Waals surface area contributed by atoms with E-state index >= 15 is 0 Å². The molecule has 0 nitrogen and oxygen atoms in total. The van der Waals surface area contributed by atoms with Crippen LogP contribution in [0, 0.1) is 6.92 Å². The summed E-state index contributed by atoms with van der Waals surface area (Å²) < 4.78 is 0. The van der Waals surface area contributed by atoms with Crippen LogP contribution in [0.3, 0.4) is 0 Å². The lowest BCUT2D eigenvalue weighted by molar-refractivity contribution is 0.956. The van der Waals surface area contributed by atoms with Gasteiger partial charge < -0.3 is 0 Å². The highest BCUT2D eigenvalue weighted by Gasteiger charge is 2.18. The van der Waals surface area contributed by atoms with Crippen LogP contribution in [0.25, 0.3) is 6.08 Å². The van der Waals surface area contributed by atoms with Gasteiger partial charge in [-0.3, -0.25) is 0 Å². The topological polar surface area (TPSA) is 0 Å². The van der Waals surface area contributed by atoms with Crippen LogP contribution in [0.15, 0.2) is 23.4 Å². The first-order valence-electron chi connectivity index (χ1n) is 4.48. The predicted molar refractivity (Wildman–Crippen MR) is 57.5 cm³/mol. The van der Waals surface area contributed by atoms with Crippen LogP contribution < -0.4 is 0 Å². The van der Waals surface area contributed by atoms with E-state index in [1.165, 1.54) is 21.4 Å². The van der Waals surface area contributed by atoms with Gasteiger partial charge in [-0.2, -0.15) is 0 Å². The SMILES string of the molecule is Cc1cccc2c1C(C)C([SiH3])=C2. The number of hydrogen-bond donors (Lipinski definition) is 0. The zero-order chi connectivity index (χ0) is 8.72. The highest BCUT2D eigenvalue weighted by molar-refractivity contribution is 6.25. The molecule has 0 radical (unpaired) electrons. The molecular formula is C11H14Si. The Bertz CT molecular complexity index is 350. The molecule has 0 aromatic heterocycles. The van der Waals surface area contributed by atoms with Gasteiger partial charge in [-0.15, -0.1) is 0 Å². The molecule has 0 fully saturated rings. The first kappa shape index (κ1) is 7.81. The second kappa shape index (κ2) is 2.59. The van der Waals surface area contributed by atoms with Gasteiger partial charge in [-0.05, 0) is 29.5 Å². The lowest BCUT2D eigenvalue weighted by atomic mass is 9.97. The van der Waals surface area contributed by atoms with E-state index in [9.17, 15) is 0 Å². The van der Waals surface area contributed by atoms with E-state index in [0.29, 0.717) is 5.92 Å². The van der Waals surface area contributed by atoms with Gasteiger partial charge in [0.1, 0.15) is 0 Å². The molecule has 0 spiro atoms. The van der Waals surface area contributed by atoms with Crippen molar-refractivity contribution in [1.29, 1.82) is 0 Å². The molecule has 1 heteroatoms. The van der Waals surface area contributed by atoms with Gasteiger partial charge in [-0.25, -0.2) is 0 Å². The summed E-state index contributed by atoms with van der Waals surface area (Å²) in [6, 6.07) is 6.59. The molecule has 0 bridgehead atoms. The molecule has 1 unspecified atom stereocenters. The highest BCUT2D eigenvalue weighted by atomic mass is 28.1. The minimum Gasteiger partial charge on any atom is -0.0841 e. The smallest absolute Gasteiger partial charge is 0.0341 e. The van der Waals surface area contributed by atoms with E-state index < -0.39 is 0 Å². The van der Waals surface area contributed by atoms with E-state index in [1.807, 2.05) is 0 Å². The van der Waals surface area contributed by atoms with Crippen LogP contribution in [0.2, 0.25) is 0 Å². The number of benzene rings is 1. The van der Waals surface area contributed by atoms with E-state index in [4.69, 9.17) is 0 Å². The van der Waals surface area contributed by atoms with E-state index in [0.717, 1.165) is 0 Å². The third kappa shape index (κ3) is 0.968. The minimum atomic E-state index is 0.688. The predicted octanol–water partition coefficient (Wildman–Crippen LogP) is 1.82. The fourth-order valence-corrected chi connectivity index (χ4v) is 2.62. The van der Waals surface area contributed by atoms with Crippen LogP contribution >= 0.6 is 0 Å².